The Hall–Kier alpha value is -1.97. The first-order valence-electron chi connectivity index (χ1n) is 9.64. The van der Waals surface area contributed by atoms with Gasteiger partial charge in [0.15, 0.2) is 17.0 Å². The number of aromatic nitrogens is 4. The second-order valence-electron chi connectivity index (χ2n) is 7.57. The first-order valence-corrected chi connectivity index (χ1v) is 10.0. The largest absolute Gasteiger partial charge is 0.378 e. The lowest BCUT2D eigenvalue weighted by Gasteiger charge is -2.34. The lowest BCUT2D eigenvalue weighted by atomic mass is 10.0. The molecule has 0 radical (unpaired) electrons. The smallest absolute Gasteiger partial charge is 0.289 e. The van der Waals surface area contributed by atoms with Crippen molar-refractivity contribution in [2.45, 2.75) is 18.9 Å². The van der Waals surface area contributed by atoms with Gasteiger partial charge in [-0.15, -0.1) is 0 Å². The van der Waals surface area contributed by atoms with Crippen LogP contribution in [0, 0.1) is 0 Å². The van der Waals surface area contributed by atoms with Crippen molar-refractivity contribution >= 4 is 34.5 Å². The number of halogens is 1. The summed E-state index contributed by atoms with van der Waals surface area (Å²) in [6, 6.07) is 0.516. The van der Waals surface area contributed by atoms with Gasteiger partial charge in [0, 0.05) is 39.3 Å². The third kappa shape index (κ3) is 3.54. The molecule has 0 saturated carbocycles. The Morgan fingerprint density at radius 3 is 2.43 bits per heavy atom. The molecule has 2 fully saturated rings. The Balaban J connectivity index is 1.65. The summed E-state index contributed by atoms with van der Waals surface area (Å²) in [6.45, 7) is 4.13. The molecule has 28 heavy (non-hydrogen) atoms. The van der Waals surface area contributed by atoms with Gasteiger partial charge in [0.05, 0.1) is 13.2 Å². The molecule has 2 aliphatic heterocycles. The molecule has 4 heterocycles. The summed E-state index contributed by atoms with van der Waals surface area (Å²) in [5.41, 5.74) is 1.19. The number of imidazole rings is 1. The Morgan fingerprint density at radius 1 is 1.11 bits per heavy atom. The van der Waals surface area contributed by atoms with Crippen molar-refractivity contribution in [1.82, 2.24) is 29.3 Å². The molecule has 0 N–H and O–H groups in total. The van der Waals surface area contributed by atoms with Crippen LogP contribution in [0.5, 0.6) is 0 Å². The number of fused-ring (bicyclic) bond motifs is 1. The normalized spacial score (nSPS) is 19.0. The van der Waals surface area contributed by atoms with E-state index in [4.69, 9.17) is 16.3 Å². The molecule has 2 aliphatic rings. The molecule has 0 atom stereocenters. The zero-order valence-electron chi connectivity index (χ0n) is 16.6. The molecule has 152 valence electrons. The van der Waals surface area contributed by atoms with Crippen LogP contribution >= 0.6 is 11.6 Å². The fraction of sp³-hybridized carbons (Fsp3) is 0.667. The first-order chi connectivity index (χ1) is 13.5. The highest BCUT2D eigenvalue weighted by atomic mass is 35.5. The second-order valence-corrected chi connectivity index (χ2v) is 7.91. The van der Waals surface area contributed by atoms with E-state index in [9.17, 15) is 4.79 Å². The summed E-state index contributed by atoms with van der Waals surface area (Å²) in [6.07, 6.45) is 1.93. The zero-order valence-corrected chi connectivity index (χ0v) is 17.3. The van der Waals surface area contributed by atoms with Crippen LogP contribution in [0.15, 0.2) is 0 Å². The van der Waals surface area contributed by atoms with Crippen molar-refractivity contribution in [3.8, 4) is 0 Å². The van der Waals surface area contributed by atoms with Gasteiger partial charge in [0.2, 0.25) is 11.1 Å². The van der Waals surface area contributed by atoms with E-state index < -0.39 is 0 Å². The number of nitrogens with zero attached hydrogens (tertiary/aromatic N) is 7. The molecule has 10 heteroatoms. The predicted molar refractivity (Wildman–Crippen MR) is 107 cm³/mol. The van der Waals surface area contributed by atoms with Crippen molar-refractivity contribution < 1.29 is 9.53 Å². The quantitative estimate of drug-likeness (QED) is 0.703. The average Bonchev–Trinajstić information content (AvgIpc) is 3.04. The maximum Gasteiger partial charge on any atom is 0.289 e. The van der Waals surface area contributed by atoms with Gasteiger partial charge in [-0.25, -0.2) is 4.98 Å². The highest BCUT2D eigenvalue weighted by Crippen LogP contribution is 2.27. The number of morpholine rings is 1. The number of piperidine rings is 1. The minimum Gasteiger partial charge on any atom is -0.378 e. The van der Waals surface area contributed by atoms with Gasteiger partial charge in [0.1, 0.15) is 0 Å². The lowest BCUT2D eigenvalue weighted by Crippen LogP contribution is -2.45. The lowest BCUT2D eigenvalue weighted by molar-refractivity contribution is 0.0648. The molecule has 9 nitrogen and oxygen atoms in total. The molecule has 4 rings (SSSR count). The SMILES string of the molecule is CN(C)C1CCN(C(=O)c2nc3c(N4CCOCC4)nc(Cl)nc3n2C)CC1. The Bertz CT molecular complexity index is 870. The van der Waals surface area contributed by atoms with Crippen molar-refractivity contribution in [2.75, 3.05) is 58.4 Å². The van der Waals surface area contributed by atoms with Crippen molar-refractivity contribution in [1.29, 1.82) is 0 Å². The molecule has 0 aromatic carbocycles. The molecular weight excluding hydrogens is 382 g/mol. The number of carbonyl (C=O) groups excluding carboxylic acids is 1. The number of aryl methyl sites for hydroxylation is 1. The number of ether oxygens (including phenoxy) is 1. The van der Waals surface area contributed by atoms with Gasteiger partial charge in [-0.1, -0.05) is 0 Å². The van der Waals surface area contributed by atoms with Crippen LogP contribution in [-0.2, 0) is 11.8 Å². The highest BCUT2D eigenvalue weighted by molar-refractivity contribution is 6.28. The predicted octanol–water partition coefficient (Wildman–Crippen LogP) is 1.02. The fourth-order valence-corrected chi connectivity index (χ4v) is 4.09. The van der Waals surface area contributed by atoms with Crippen LogP contribution in [0.4, 0.5) is 5.82 Å². The van der Waals surface area contributed by atoms with E-state index in [0.29, 0.717) is 55.2 Å². The van der Waals surface area contributed by atoms with Crippen molar-refractivity contribution in [2.24, 2.45) is 7.05 Å². The minimum absolute atomic E-state index is 0.0678. The maximum absolute atomic E-state index is 13.2. The van der Waals surface area contributed by atoms with Crippen LogP contribution in [0.2, 0.25) is 5.28 Å². The first kappa shape index (κ1) is 19.4. The van der Waals surface area contributed by atoms with E-state index >= 15 is 0 Å². The number of amides is 1. The zero-order chi connectivity index (χ0) is 19.8. The van der Waals surface area contributed by atoms with Crippen LogP contribution in [0.3, 0.4) is 0 Å². The molecule has 2 aromatic heterocycles. The number of carbonyl (C=O) groups is 1. The average molecular weight is 408 g/mol. The number of hydrogen-bond acceptors (Lipinski definition) is 7. The molecule has 2 aromatic rings. The molecule has 0 unspecified atom stereocenters. The van der Waals surface area contributed by atoms with E-state index in [1.54, 1.807) is 4.57 Å². The Labute approximate surface area is 169 Å². The maximum atomic E-state index is 13.2. The molecule has 1 amide bonds. The van der Waals surface area contributed by atoms with Gasteiger partial charge in [-0.2, -0.15) is 9.97 Å². The summed E-state index contributed by atoms with van der Waals surface area (Å²) in [4.78, 5) is 32.7. The number of anilines is 1. The van der Waals surface area contributed by atoms with E-state index in [1.165, 1.54) is 0 Å². The molecule has 2 saturated heterocycles. The Kier molecular flexibility index (Phi) is 5.39. The Morgan fingerprint density at radius 2 is 1.79 bits per heavy atom. The van der Waals surface area contributed by atoms with E-state index in [2.05, 4.69) is 38.8 Å². The summed E-state index contributed by atoms with van der Waals surface area (Å²) in [5, 5.41) is 0.155. The van der Waals surface area contributed by atoms with Crippen LogP contribution in [0.1, 0.15) is 23.5 Å². The summed E-state index contributed by atoms with van der Waals surface area (Å²) in [7, 11) is 5.98. The molecule has 0 bridgehead atoms. The van der Waals surface area contributed by atoms with Crippen molar-refractivity contribution in [3.63, 3.8) is 0 Å². The third-order valence-corrected chi connectivity index (χ3v) is 5.83. The van der Waals surface area contributed by atoms with Gasteiger partial charge in [0.25, 0.3) is 5.91 Å². The van der Waals surface area contributed by atoms with E-state index in [1.807, 2.05) is 11.9 Å². The van der Waals surface area contributed by atoms with Gasteiger partial charge in [-0.05, 0) is 38.5 Å². The monoisotopic (exact) mass is 407 g/mol. The number of rotatable bonds is 3. The number of hydrogen-bond donors (Lipinski definition) is 0. The second kappa shape index (κ2) is 7.81. The van der Waals surface area contributed by atoms with Gasteiger partial charge < -0.3 is 24.0 Å². The van der Waals surface area contributed by atoms with Gasteiger partial charge >= 0.3 is 0 Å². The van der Waals surface area contributed by atoms with Crippen molar-refractivity contribution in [3.05, 3.63) is 11.1 Å². The van der Waals surface area contributed by atoms with Gasteiger partial charge in [-0.3, -0.25) is 4.79 Å². The summed E-state index contributed by atoms with van der Waals surface area (Å²) in [5.74, 6) is 0.977. The standard InChI is InChI=1S/C18H26ClN7O2/c1-23(2)12-4-6-26(7-5-12)17(27)16-20-13-14(24(16)3)21-18(19)22-15(13)25-8-10-28-11-9-25/h12H,4-11H2,1-3H3. The summed E-state index contributed by atoms with van der Waals surface area (Å²) >= 11 is 6.18. The topological polar surface area (TPSA) is 79.6 Å². The highest BCUT2D eigenvalue weighted by Gasteiger charge is 2.29. The molecular formula is C18H26ClN7O2. The van der Waals surface area contributed by atoms with Crippen LogP contribution < -0.4 is 4.90 Å². The third-order valence-electron chi connectivity index (χ3n) is 5.66. The number of likely N-dealkylation sites (tertiary alicyclic amines) is 1. The molecule has 0 spiro atoms. The minimum atomic E-state index is -0.0678. The van der Waals surface area contributed by atoms with Crippen LogP contribution in [0.25, 0.3) is 11.2 Å². The molecule has 0 aliphatic carbocycles. The van der Waals surface area contributed by atoms with E-state index in [0.717, 1.165) is 25.9 Å². The van der Waals surface area contributed by atoms with Crippen LogP contribution in [-0.4, -0.2) is 94.8 Å². The fourth-order valence-electron chi connectivity index (χ4n) is 3.93. The van der Waals surface area contributed by atoms with E-state index in [-0.39, 0.29) is 11.2 Å². The summed E-state index contributed by atoms with van der Waals surface area (Å²) < 4.78 is 7.16.